The molecule has 1 aliphatic heterocycles. The maximum Gasteiger partial charge on any atom is 0.240 e. The zero-order valence-corrected chi connectivity index (χ0v) is 18.4. The van der Waals surface area contributed by atoms with Crippen LogP contribution in [0, 0.1) is 5.92 Å². The van der Waals surface area contributed by atoms with Gasteiger partial charge in [0.15, 0.2) is 5.96 Å². The van der Waals surface area contributed by atoms with E-state index in [1.807, 2.05) is 0 Å². The third kappa shape index (κ3) is 7.77. The van der Waals surface area contributed by atoms with E-state index in [-0.39, 0.29) is 35.0 Å². The van der Waals surface area contributed by atoms with Crippen molar-refractivity contribution in [3.8, 4) is 0 Å². The normalized spacial score (nSPS) is 18.0. The highest BCUT2D eigenvalue weighted by atomic mass is 127. The molecule has 0 saturated carbocycles. The second-order valence-electron chi connectivity index (χ2n) is 6.61. The number of hydrogen-bond acceptors (Lipinski definition) is 4. The van der Waals surface area contributed by atoms with Gasteiger partial charge in [-0.05, 0) is 36.5 Å². The number of guanidine groups is 1. The summed E-state index contributed by atoms with van der Waals surface area (Å²) in [7, 11) is -3.52. The van der Waals surface area contributed by atoms with Crippen LogP contribution in [-0.2, 0) is 21.3 Å². The van der Waals surface area contributed by atoms with Crippen LogP contribution in [0.15, 0.2) is 34.2 Å². The Morgan fingerprint density at radius 2 is 2.04 bits per heavy atom. The van der Waals surface area contributed by atoms with E-state index in [9.17, 15) is 8.42 Å². The van der Waals surface area contributed by atoms with Crippen LogP contribution >= 0.6 is 24.0 Å². The second kappa shape index (κ2) is 11.1. The third-order valence-corrected chi connectivity index (χ3v) is 5.32. The van der Waals surface area contributed by atoms with Crippen molar-refractivity contribution < 1.29 is 13.2 Å². The third-order valence-electron chi connectivity index (χ3n) is 3.88. The molecule has 0 amide bonds. The number of aliphatic imine (C=N–C) groups is 1. The Morgan fingerprint density at radius 1 is 1.35 bits per heavy atom. The molecular weight excluding hydrogens is 467 g/mol. The van der Waals surface area contributed by atoms with Crippen molar-refractivity contribution in [1.82, 2.24) is 10.0 Å². The van der Waals surface area contributed by atoms with Gasteiger partial charge < -0.3 is 15.8 Å². The molecule has 1 fully saturated rings. The molecule has 26 heavy (non-hydrogen) atoms. The molecule has 1 aromatic carbocycles. The average Bonchev–Trinajstić information content (AvgIpc) is 3.10. The molecule has 4 N–H and O–H groups in total. The van der Waals surface area contributed by atoms with Gasteiger partial charge in [-0.2, -0.15) is 0 Å². The van der Waals surface area contributed by atoms with E-state index in [2.05, 4.69) is 28.9 Å². The molecule has 1 unspecified atom stereocenters. The first kappa shape index (κ1) is 23.1. The van der Waals surface area contributed by atoms with Crippen LogP contribution in [0.1, 0.15) is 32.3 Å². The van der Waals surface area contributed by atoms with Crippen LogP contribution in [0.5, 0.6) is 0 Å². The van der Waals surface area contributed by atoms with Crippen molar-refractivity contribution in [2.75, 3.05) is 19.7 Å². The van der Waals surface area contributed by atoms with Gasteiger partial charge in [-0.3, -0.25) is 0 Å². The molecular formula is C17H29IN4O3S. The van der Waals surface area contributed by atoms with Crippen molar-refractivity contribution in [3.63, 3.8) is 0 Å². The van der Waals surface area contributed by atoms with Gasteiger partial charge in [0.2, 0.25) is 10.0 Å². The summed E-state index contributed by atoms with van der Waals surface area (Å²) in [5.74, 6) is 0.879. The van der Waals surface area contributed by atoms with Gasteiger partial charge in [-0.25, -0.2) is 18.1 Å². The number of ether oxygens (including phenoxy) is 1. The van der Waals surface area contributed by atoms with Gasteiger partial charge in [-0.1, -0.05) is 26.0 Å². The Bertz CT molecular complexity index is 672. The van der Waals surface area contributed by atoms with Gasteiger partial charge in [0, 0.05) is 19.7 Å². The maximum atomic E-state index is 12.3. The van der Waals surface area contributed by atoms with Gasteiger partial charge in [0.05, 0.1) is 17.5 Å². The highest BCUT2D eigenvalue weighted by Crippen LogP contribution is 2.14. The van der Waals surface area contributed by atoms with E-state index < -0.39 is 10.0 Å². The van der Waals surface area contributed by atoms with Crippen molar-refractivity contribution >= 4 is 40.0 Å². The monoisotopic (exact) mass is 496 g/mol. The zero-order chi connectivity index (χ0) is 18.3. The molecule has 1 saturated heterocycles. The lowest BCUT2D eigenvalue weighted by Crippen LogP contribution is -2.34. The highest BCUT2D eigenvalue weighted by molar-refractivity contribution is 14.0. The van der Waals surface area contributed by atoms with Crippen molar-refractivity contribution in [1.29, 1.82) is 0 Å². The van der Waals surface area contributed by atoms with Crippen LogP contribution in [0.2, 0.25) is 0 Å². The molecule has 0 aliphatic carbocycles. The van der Waals surface area contributed by atoms with Crippen LogP contribution < -0.4 is 15.8 Å². The highest BCUT2D eigenvalue weighted by Gasteiger charge is 2.20. The number of benzene rings is 1. The molecule has 9 heteroatoms. The largest absolute Gasteiger partial charge is 0.377 e. The molecule has 148 valence electrons. The smallest absolute Gasteiger partial charge is 0.240 e. The summed E-state index contributed by atoms with van der Waals surface area (Å²) in [4.78, 5) is 4.49. The Balaban J connectivity index is 0.00000338. The first-order valence-electron chi connectivity index (χ1n) is 8.61. The number of nitrogens with two attached hydrogens (primary N) is 1. The zero-order valence-electron chi connectivity index (χ0n) is 15.3. The fourth-order valence-electron chi connectivity index (χ4n) is 2.41. The number of rotatable bonds is 8. The fraction of sp³-hybridized carbons (Fsp3) is 0.588. The Morgan fingerprint density at radius 3 is 2.62 bits per heavy atom. The minimum Gasteiger partial charge on any atom is -0.377 e. The van der Waals surface area contributed by atoms with Gasteiger partial charge in [0.1, 0.15) is 0 Å². The Kier molecular flexibility index (Phi) is 9.83. The quantitative estimate of drug-likeness (QED) is 0.289. The Labute approximate surface area is 173 Å². The van der Waals surface area contributed by atoms with Crippen LogP contribution in [0.25, 0.3) is 0 Å². The number of halogens is 1. The molecule has 2 rings (SSSR count). The van der Waals surface area contributed by atoms with Crippen molar-refractivity contribution in [2.45, 2.75) is 44.2 Å². The summed E-state index contributed by atoms with van der Waals surface area (Å²) in [6.07, 6.45) is 1.85. The molecule has 1 atom stereocenters. The van der Waals surface area contributed by atoms with E-state index in [1.54, 1.807) is 24.3 Å². The van der Waals surface area contributed by atoms with E-state index in [0.29, 0.717) is 31.6 Å². The number of hydrogen-bond donors (Lipinski definition) is 3. The lowest BCUT2D eigenvalue weighted by atomic mass is 10.2. The van der Waals surface area contributed by atoms with Crippen molar-refractivity contribution in [3.05, 3.63) is 29.8 Å². The first-order chi connectivity index (χ1) is 11.9. The summed E-state index contributed by atoms with van der Waals surface area (Å²) in [6.45, 7) is 6.37. The molecule has 1 aromatic rings. The second-order valence-corrected chi connectivity index (χ2v) is 8.37. The summed E-state index contributed by atoms with van der Waals surface area (Å²) in [6, 6.07) is 6.67. The van der Waals surface area contributed by atoms with E-state index >= 15 is 0 Å². The predicted octanol–water partition coefficient (Wildman–Crippen LogP) is 1.82. The Hall–Kier alpha value is -0.910. The van der Waals surface area contributed by atoms with E-state index in [1.165, 1.54) is 0 Å². The maximum absolute atomic E-state index is 12.3. The standard InChI is InChI=1S/C17H28N4O3S.HI/c1-13(2)10-19-17(18)20-11-14-5-7-16(8-6-14)25(22,23)21-12-15-4-3-9-24-15;/h5-8,13,15,21H,3-4,9-12H2,1-2H3,(H3,18,19,20);1H. The SMILES string of the molecule is CC(C)CNC(N)=NCc1ccc(S(=O)(=O)NCC2CCCO2)cc1.I. The van der Waals surface area contributed by atoms with Crippen LogP contribution in [-0.4, -0.2) is 40.2 Å². The number of nitrogens with zero attached hydrogens (tertiary/aromatic N) is 1. The minimum atomic E-state index is -3.52. The van der Waals surface area contributed by atoms with Gasteiger partial charge >= 0.3 is 0 Å². The van der Waals surface area contributed by atoms with Gasteiger partial charge in [-0.15, -0.1) is 24.0 Å². The van der Waals surface area contributed by atoms with Crippen molar-refractivity contribution in [2.24, 2.45) is 16.6 Å². The lowest BCUT2D eigenvalue weighted by molar-refractivity contribution is 0.114. The lowest BCUT2D eigenvalue weighted by Gasteiger charge is -2.11. The molecule has 1 aliphatic rings. The first-order valence-corrected chi connectivity index (χ1v) is 10.1. The number of nitrogens with one attached hydrogen (secondary N) is 2. The molecule has 0 aromatic heterocycles. The van der Waals surface area contributed by atoms with E-state index in [0.717, 1.165) is 24.9 Å². The molecule has 0 spiro atoms. The summed E-state index contributed by atoms with van der Waals surface area (Å²) >= 11 is 0. The fourth-order valence-corrected chi connectivity index (χ4v) is 3.47. The van der Waals surface area contributed by atoms with Crippen LogP contribution in [0.4, 0.5) is 0 Å². The predicted molar refractivity (Wildman–Crippen MR) is 114 cm³/mol. The molecule has 0 radical (unpaired) electrons. The van der Waals surface area contributed by atoms with Crippen LogP contribution in [0.3, 0.4) is 0 Å². The van der Waals surface area contributed by atoms with Gasteiger partial charge in [0.25, 0.3) is 0 Å². The summed E-state index contributed by atoms with van der Waals surface area (Å²) in [5, 5.41) is 3.04. The molecule has 7 nitrogen and oxygen atoms in total. The average molecular weight is 496 g/mol. The molecule has 1 heterocycles. The summed E-state index contributed by atoms with van der Waals surface area (Å²) < 4.78 is 32.6. The number of sulfonamides is 1. The summed E-state index contributed by atoms with van der Waals surface area (Å²) in [5.41, 5.74) is 6.69. The topological polar surface area (TPSA) is 106 Å². The minimum absolute atomic E-state index is 0. The van der Waals surface area contributed by atoms with E-state index in [4.69, 9.17) is 10.5 Å². The molecule has 0 bridgehead atoms.